The zero-order valence-corrected chi connectivity index (χ0v) is 11.4. The van der Waals surface area contributed by atoms with Gasteiger partial charge in [-0.15, -0.1) is 0 Å². The van der Waals surface area contributed by atoms with Gasteiger partial charge in [-0.3, -0.25) is 4.79 Å². The third kappa shape index (κ3) is 2.94. The summed E-state index contributed by atoms with van der Waals surface area (Å²) in [5, 5.41) is 4.01. The molecule has 0 saturated carbocycles. The molecule has 0 aromatic heterocycles. The van der Waals surface area contributed by atoms with Crippen LogP contribution in [-0.2, 0) is 4.79 Å². The van der Waals surface area contributed by atoms with Gasteiger partial charge in [-0.05, 0) is 42.5 Å². The van der Waals surface area contributed by atoms with Gasteiger partial charge in [0.15, 0.2) is 5.78 Å². The lowest BCUT2D eigenvalue weighted by Crippen LogP contribution is -2.25. The average molecular weight is 264 g/mol. The fraction of sp³-hybridized carbons (Fsp3) is 0.400. The van der Waals surface area contributed by atoms with E-state index >= 15 is 0 Å². The van der Waals surface area contributed by atoms with Crippen molar-refractivity contribution in [2.45, 2.75) is 32.6 Å². The first kappa shape index (κ1) is 13.2. The Bertz CT molecular complexity index is 462. The third-order valence-electron chi connectivity index (χ3n) is 3.16. The molecule has 1 N–H and O–H groups in total. The van der Waals surface area contributed by atoms with Crippen LogP contribution in [0.5, 0.6) is 0 Å². The highest BCUT2D eigenvalue weighted by Crippen LogP contribution is 2.29. The fourth-order valence-electron chi connectivity index (χ4n) is 2.24. The van der Waals surface area contributed by atoms with Gasteiger partial charge in [0.05, 0.1) is 5.70 Å². The molecule has 0 bridgehead atoms. The fourth-order valence-corrected chi connectivity index (χ4v) is 2.37. The zero-order valence-electron chi connectivity index (χ0n) is 10.6. The normalized spacial score (nSPS) is 16.0. The number of Topliss-reactive ketones (excluding diaryl/α,β-unsaturated/α-hetero) is 1. The van der Waals surface area contributed by atoms with E-state index in [1.165, 1.54) is 0 Å². The van der Waals surface area contributed by atoms with Crippen molar-refractivity contribution in [2.75, 3.05) is 6.54 Å². The Morgan fingerprint density at radius 1 is 1.22 bits per heavy atom. The van der Waals surface area contributed by atoms with Crippen LogP contribution >= 0.6 is 11.6 Å². The highest BCUT2D eigenvalue weighted by Gasteiger charge is 2.20. The topological polar surface area (TPSA) is 29.1 Å². The Hall–Kier alpha value is -1.28. The van der Waals surface area contributed by atoms with Gasteiger partial charge in [-0.1, -0.05) is 30.7 Å². The Labute approximate surface area is 113 Å². The second-order valence-electron chi connectivity index (χ2n) is 4.56. The molecule has 0 heterocycles. The number of carbonyl (C=O) groups excluding carboxylic acids is 1. The second kappa shape index (κ2) is 6.05. The molecule has 18 heavy (non-hydrogen) atoms. The van der Waals surface area contributed by atoms with Gasteiger partial charge in [0.1, 0.15) is 0 Å². The van der Waals surface area contributed by atoms with Gasteiger partial charge in [-0.25, -0.2) is 0 Å². The minimum Gasteiger partial charge on any atom is -0.382 e. The largest absolute Gasteiger partial charge is 0.382 e. The molecule has 1 aromatic rings. The summed E-state index contributed by atoms with van der Waals surface area (Å²) >= 11 is 5.90. The summed E-state index contributed by atoms with van der Waals surface area (Å²) in [6.45, 7) is 2.95. The number of hydrogen-bond acceptors (Lipinski definition) is 2. The number of carbonyl (C=O) groups is 1. The van der Waals surface area contributed by atoms with Crippen LogP contribution in [-0.4, -0.2) is 12.3 Å². The van der Waals surface area contributed by atoms with Gasteiger partial charge in [0.2, 0.25) is 0 Å². The number of rotatable bonds is 4. The molecule has 0 radical (unpaired) electrons. The Morgan fingerprint density at radius 2 is 1.94 bits per heavy atom. The number of halogens is 1. The highest BCUT2D eigenvalue weighted by molar-refractivity contribution is 6.30. The summed E-state index contributed by atoms with van der Waals surface area (Å²) < 4.78 is 0. The number of benzene rings is 1. The minimum atomic E-state index is 0.236. The summed E-state index contributed by atoms with van der Waals surface area (Å²) in [5.74, 6) is 0.236. The Kier molecular flexibility index (Phi) is 4.43. The summed E-state index contributed by atoms with van der Waals surface area (Å²) in [4.78, 5) is 12.0. The highest BCUT2D eigenvalue weighted by atomic mass is 35.5. The van der Waals surface area contributed by atoms with E-state index in [1.54, 1.807) is 0 Å². The van der Waals surface area contributed by atoms with Gasteiger partial charge in [-0.2, -0.15) is 0 Å². The van der Waals surface area contributed by atoms with Crippen LogP contribution in [0.25, 0.3) is 5.57 Å². The van der Waals surface area contributed by atoms with E-state index in [4.69, 9.17) is 11.6 Å². The molecule has 0 saturated heterocycles. The molecular weight excluding hydrogens is 246 g/mol. The van der Waals surface area contributed by atoms with Crippen molar-refractivity contribution in [2.24, 2.45) is 0 Å². The maximum atomic E-state index is 12.0. The predicted octanol–water partition coefficient (Wildman–Crippen LogP) is 3.80. The molecule has 0 fully saturated rings. The van der Waals surface area contributed by atoms with E-state index in [0.29, 0.717) is 6.42 Å². The number of ketones is 1. The van der Waals surface area contributed by atoms with Gasteiger partial charge in [0.25, 0.3) is 0 Å². The van der Waals surface area contributed by atoms with E-state index in [2.05, 4.69) is 12.2 Å². The molecule has 0 amide bonds. The van der Waals surface area contributed by atoms with Crippen molar-refractivity contribution < 1.29 is 4.79 Å². The van der Waals surface area contributed by atoms with Crippen LogP contribution in [0.4, 0.5) is 0 Å². The summed E-state index contributed by atoms with van der Waals surface area (Å²) in [6.07, 6.45) is 3.57. The molecule has 96 valence electrons. The van der Waals surface area contributed by atoms with Crippen molar-refractivity contribution in [3.05, 3.63) is 40.5 Å². The standard InChI is InChI=1S/C15H18ClNO/c1-2-10-17-15-13(4-3-5-14(15)18)11-6-8-12(16)9-7-11/h6-9,17H,2-5,10H2,1H3. The van der Waals surface area contributed by atoms with Gasteiger partial charge in [0, 0.05) is 18.0 Å². The average Bonchev–Trinajstić information content (AvgIpc) is 2.38. The molecule has 0 unspecified atom stereocenters. The molecular formula is C15H18ClNO. The lowest BCUT2D eigenvalue weighted by Gasteiger charge is -2.21. The van der Waals surface area contributed by atoms with E-state index in [-0.39, 0.29) is 5.78 Å². The van der Waals surface area contributed by atoms with Crippen molar-refractivity contribution >= 4 is 23.0 Å². The van der Waals surface area contributed by atoms with Crippen LogP contribution < -0.4 is 5.32 Å². The Morgan fingerprint density at radius 3 is 2.61 bits per heavy atom. The van der Waals surface area contributed by atoms with Crippen LogP contribution in [0.1, 0.15) is 38.2 Å². The SMILES string of the molecule is CCCNC1=C(c2ccc(Cl)cc2)CCCC1=O. The molecule has 1 aliphatic carbocycles. The molecule has 1 aliphatic rings. The lowest BCUT2D eigenvalue weighted by atomic mass is 9.90. The predicted molar refractivity (Wildman–Crippen MR) is 75.5 cm³/mol. The van der Waals surface area contributed by atoms with Crippen molar-refractivity contribution in [3.8, 4) is 0 Å². The molecule has 0 atom stereocenters. The van der Waals surface area contributed by atoms with Crippen LogP contribution in [0.15, 0.2) is 30.0 Å². The van der Waals surface area contributed by atoms with Crippen molar-refractivity contribution in [1.29, 1.82) is 0 Å². The third-order valence-corrected chi connectivity index (χ3v) is 3.41. The maximum absolute atomic E-state index is 12.0. The zero-order chi connectivity index (χ0) is 13.0. The summed E-state index contributed by atoms with van der Waals surface area (Å²) in [5.41, 5.74) is 3.05. The number of nitrogens with one attached hydrogen (secondary N) is 1. The molecule has 2 nitrogen and oxygen atoms in total. The van der Waals surface area contributed by atoms with Gasteiger partial charge < -0.3 is 5.32 Å². The summed E-state index contributed by atoms with van der Waals surface area (Å²) in [6, 6.07) is 7.73. The first-order valence-electron chi connectivity index (χ1n) is 6.48. The minimum absolute atomic E-state index is 0.236. The first-order valence-corrected chi connectivity index (χ1v) is 6.86. The monoisotopic (exact) mass is 263 g/mol. The smallest absolute Gasteiger partial charge is 0.178 e. The molecule has 0 spiro atoms. The molecule has 3 heteroatoms. The lowest BCUT2D eigenvalue weighted by molar-refractivity contribution is -0.116. The molecule has 1 aromatic carbocycles. The van der Waals surface area contributed by atoms with E-state index in [1.807, 2.05) is 24.3 Å². The van der Waals surface area contributed by atoms with Crippen LogP contribution in [0.2, 0.25) is 5.02 Å². The van der Waals surface area contributed by atoms with Crippen molar-refractivity contribution in [3.63, 3.8) is 0 Å². The quantitative estimate of drug-likeness (QED) is 0.895. The molecule has 2 rings (SSSR count). The first-order chi connectivity index (χ1) is 8.72. The summed E-state index contributed by atoms with van der Waals surface area (Å²) in [7, 11) is 0. The Balaban J connectivity index is 2.35. The molecule has 0 aliphatic heterocycles. The van der Waals surface area contributed by atoms with Crippen molar-refractivity contribution in [1.82, 2.24) is 5.32 Å². The van der Waals surface area contributed by atoms with Crippen LogP contribution in [0.3, 0.4) is 0 Å². The maximum Gasteiger partial charge on any atom is 0.178 e. The second-order valence-corrected chi connectivity index (χ2v) is 5.00. The van der Waals surface area contributed by atoms with E-state index in [0.717, 1.165) is 47.7 Å². The van der Waals surface area contributed by atoms with Gasteiger partial charge >= 0.3 is 0 Å². The van der Waals surface area contributed by atoms with Crippen LogP contribution in [0, 0.1) is 0 Å². The van der Waals surface area contributed by atoms with E-state index < -0.39 is 0 Å². The number of allylic oxidation sites excluding steroid dienone is 2. The number of hydrogen-bond donors (Lipinski definition) is 1. The van der Waals surface area contributed by atoms with E-state index in [9.17, 15) is 4.79 Å².